The molecule has 1 aromatic heterocycles. The lowest BCUT2D eigenvalue weighted by Gasteiger charge is -2.16. The van der Waals surface area contributed by atoms with Gasteiger partial charge >= 0.3 is 5.97 Å². The Morgan fingerprint density at radius 2 is 1.65 bits per heavy atom. The molecular weight excluding hydrogens is 332 g/mol. The van der Waals surface area contributed by atoms with E-state index < -0.39 is 18.0 Å². The van der Waals surface area contributed by atoms with Crippen LogP contribution in [-0.2, 0) is 9.53 Å². The van der Waals surface area contributed by atoms with Crippen molar-refractivity contribution in [2.24, 2.45) is 0 Å². The number of amides is 1. The minimum Gasteiger partial charge on any atom is -0.448 e. The van der Waals surface area contributed by atoms with E-state index in [9.17, 15) is 14.4 Å². The van der Waals surface area contributed by atoms with Crippen molar-refractivity contribution >= 4 is 23.3 Å². The van der Waals surface area contributed by atoms with Gasteiger partial charge in [-0.2, -0.15) is 0 Å². The van der Waals surface area contributed by atoms with Gasteiger partial charge in [-0.15, -0.1) is 0 Å². The molecule has 0 aliphatic carbocycles. The average Bonchev–Trinajstić information content (AvgIpc) is 2.85. The van der Waals surface area contributed by atoms with Crippen LogP contribution >= 0.6 is 0 Å². The predicted octanol–water partition coefficient (Wildman–Crippen LogP) is 3.63. The molecule has 6 heteroatoms. The Kier molecular flexibility index (Phi) is 5.65. The molecule has 1 amide bonds. The van der Waals surface area contributed by atoms with E-state index in [0.717, 1.165) is 11.1 Å². The summed E-state index contributed by atoms with van der Waals surface area (Å²) in [5.74, 6) is -1.21. The maximum Gasteiger partial charge on any atom is 0.355 e. The van der Waals surface area contributed by atoms with E-state index >= 15 is 0 Å². The van der Waals surface area contributed by atoms with Crippen LogP contribution in [-0.4, -0.2) is 28.7 Å². The van der Waals surface area contributed by atoms with E-state index in [2.05, 4.69) is 10.3 Å². The summed E-state index contributed by atoms with van der Waals surface area (Å²) in [6.45, 7) is 10.1. The summed E-state index contributed by atoms with van der Waals surface area (Å²) in [6, 6.07) is 5.70. The molecule has 2 rings (SSSR count). The van der Waals surface area contributed by atoms with Gasteiger partial charge < -0.3 is 15.0 Å². The Labute approximate surface area is 152 Å². The number of benzene rings is 1. The number of para-hydroxylation sites is 1. The standard InChI is InChI=1S/C20H24N2O4/c1-10-8-7-9-11(2)17(10)22-19(24)15(6)26-20(25)18-12(3)16(14(5)23)13(4)21-18/h7-9,15,21H,1-6H3,(H,22,24)/t15-/m0/s1. The van der Waals surface area contributed by atoms with Crippen molar-refractivity contribution in [1.82, 2.24) is 4.98 Å². The molecule has 2 aromatic rings. The second-order valence-corrected chi connectivity index (χ2v) is 6.48. The van der Waals surface area contributed by atoms with E-state index in [-0.39, 0.29) is 11.5 Å². The van der Waals surface area contributed by atoms with Gasteiger partial charge in [0.1, 0.15) is 5.69 Å². The number of carbonyl (C=O) groups excluding carboxylic acids is 3. The summed E-state index contributed by atoms with van der Waals surface area (Å²) in [5.41, 5.74) is 4.38. The van der Waals surface area contributed by atoms with Gasteiger partial charge in [-0.05, 0) is 58.2 Å². The summed E-state index contributed by atoms with van der Waals surface area (Å²) in [6.07, 6.45) is -0.981. The monoisotopic (exact) mass is 356 g/mol. The normalized spacial score (nSPS) is 11.8. The molecule has 138 valence electrons. The summed E-state index contributed by atoms with van der Waals surface area (Å²) >= 11 is 0. The summed E-state index contributed by atoms with van der Waals surface area (Å²) < 4.78 is 5.29. The SMILES string of the molecule is CC(=O)c1c(C)[nH]c(C(=O)O[C@@H](C)C(=O)Nc2c(C)cccc2C)c1C. The molecule has 0 spiro atoms. The largest absolute Gasteiger partial charge is 0.448 e. The third kappa shape index (κ3) is 3.85. The van der Waals surface area contributed by atoms with Crippen LogP contribution in [0.5, 0.6) is 0 Å². The lowest BCUT2D eigenvalue weighted by Crippen LogP contribution is -2.30. The number of nitrogens with one attached hydrogen (secondary N) is 2. The van der Waals surface area contributed by atoms with E-state index in [4.69, 9.17) is 4.74 Å². The van der Waals surface area contributed by atoms with Crippen molar-refractivity contribution < 1.29 is 19.1 Å². The third-order valence-corrected chi connectivity index (χ3v) is 4.38. The number of esters is 1. The first-order valence-electron chi connectivity index (χ1n) is 8.41. The van der Waals surface area contributed by atoms with Crippen molar-refractivity contribution in [3.8, 4) is 0 Å². The second kappa shape index (κ2) is 7.56. The molecule has 0 fully saturated rings. The first kappa shape index (κ1) is 19.4. The zero-order chi connectivity index (χ0) is 19.6. The molecule has 1 atom stereocenters. The highest BCUT2D eigenvalue weighted by atomic mass is 16.5. The topological polar surface area (TPSA) is 88.3 Å². The average molecular weight is 356 g/mol. The summed E-state index contributed by atoms with van der Waals surface area (Å²) in [4.78, 5) is 39.4. The maximum atomic E-state index is 12.4. The van der Waals surface area contributed by atoms with Crippen LogP contribution in [0.2, 0.25) is 0 Å². The number of hydrogen-bond donors (Lipinski definition) is 2. The van der Waals surface area contributed by atoms with Crippen LogP contribution in [0, 0.1) is 27.7 Å². The molecule has 1 heterocycles. The van der Waals surface area contributed by atoms with Gasteiger partial charge in [-0.25, -0.2) is 4.79 Å². The van der Waals surface area contributed by atoms with Gasteiger partial charge in [-0.3, -0.25) is 9.59 Å². The van der Waals surface area contributed by atoms with E-state index in [1.165, 1.54) is 13.8 Å². The number of aromatic amines is 1. The highest BCUT2D eigenvalue weighted by Gasteiger charge is 2.25. The molecule has 0 saturated carbocycles. The lowest BCUT2D eigenvalue weighted by atomic mass is 10.1. The zero-order valence-electron chi connectivity index (χ0n) is 15.9. The Balaban J connectivity index is 2.13. The lowest BCUT2D eigenvalue weighted by molar-refractivity contribution is -0.123. The fourth-order valence-corrected chi connectivity index (χ4v) is 2.99. The number of carbonyl (C=O) groups is 3. The number of aryl methyl sites for hydroxylation is 3. The third-order valence-electron chi connectivity index (χ3n) is 4.38. The van der Waals surface area contributed by atoms with Gasteiger partial charge in [0, 0.05) is 16.9 Å². The molecule has 6 nitrogen and oxygen atoms in total. The summed E-state index contributed by atoms with van der Waals surface area (Å²) in [5, 5.41) is 2.80. The van der Waals surface area contributed by atoms with Gasteiger partial charge in [-0.1, -0.05) is 18.2 Å². The number of Topliss-reactive ketones (excluding diaryl/α,β-unsaturated/α-hetero) is 1. The van der Waals surface area contributed by atoms with Gasteiger partial charge in [0.2, 0.25) is 0 Å². The first-order valence-corrected chi connectivity index (χ1v) is 8.41. The Bertz CT molecular complexity index is 860. The van der Waals surface area contributed by atoms with E-state index in [1.54, 1.807) is 13.8 Å². The van der Waals surface area contributed by atoms with Gasteiger partial charge in [0.15, 0.2) is 11.9 Å². The van der Waals surface area contributed by atoms with Crippen molar-refractivity contribution in [2.45, 2.75) is 47.6 Å². The minimum absolute atomic E-state index is 0.129. The minimum atomic E-state index is -0.981. The first-order chi connectivity index (χ1) is 12.1. The number of anilines is 1. The predicted molar refractivity (Wildman–Crippen MR) is 99.7 cm³/mol. The van der Waals surface area contributed by atoms with Crippen molar-refractivity contribution in [2.75, 3.05) is 5.32 Å². The number of ether oxygens (including phenoxy) is 1. The molecule has 26 heavy (non-hydrogen) atoms. The quantitative estimate of drug-likeness (QED) is 0.632. The van der Waals surface area contributed by atoms with Crippen molar-refractivity contribution in [3.63, 3.8) is 0 Å². The molecule has 0 radical (unpaired) electrons. The van der Waals surface area contributed by atoms with Crippen LogP contribution in [0.15, 0.2) is 18.2 Å². The van der Waals surface area contributed by atoms with Crippen LogP contribution in [0.4, 0.5) is 5.69 Å². The molecule has 2 N–H and O–H groups in total. The molecule has 0 aliphatic heterocycles. The van der Waals surface area contributed by atoms with E-state index in [1.807, 2.05) is 32.0 Å². The van der Waals surface area contributed by atoms with Crippen LogP contribution < -0.4 is 5.32 Å². The summed E-state index contributed by atoms with van der Waals surface area (Å²) in [7, 11) is 0. The highest BCUT2D eigenvalue weighted by Crippen LogP contribution is 2.21. The molecule has 0 aliphatic rings. The fourth-order valence-electron chi connectivity index (χ4n) is 2.99. The highest BCUT2D eigenvalue weighted by molar-refractivity contribution is 6.02. The Morgan fingerprint density at radius 3 is 2.15 bits per heavy atom. The molecular formula is C20H24N2O4. The fraction of sp³-hybridized carbons (Fsp3) is 0.350. The zero-order valence-corrected chi connectivity index (χ0v) is 15.9. The number of aromatic nitrogens is 1. The number of ketones is 1. The molecule has 0 bridgehead atoms. The van der Waals surface area contributed by atoms with Gasteiger partial charge in [0.25, 0.3) is 5.91 Å². The smallest absolute Gasteiger partial charge is 0.355 e. The molecule has 0 saturated heterocycles. The van der Waals surface area contributed by atoms with Crippen LogP contribution in [0.1, 0.15) is 57.1 Å². The van der Waals surface area contributed by atoms with Crippen LogP contribution in [0.3, 0.4) is 0 Å². The second-order valence-electron chi connectivity index (χ2n) is 6.48. The van der Waals surface area contributed by atoms with Crippen LogP contribution in [0.25, 0.3) is 0 Å². The number of hydrogen-bond acceptors (Lipinski definition) is 4. The Hall–Kier alpha value is -2.89. The number of H-pyrrole nitrogens is 1. The maximum absolute atomic E-state index is 12.4. The van der Waals surface area contributed by atoms with Crippen molar-refractivity contribution in [1.29, 1.82) is 0 Å². The molecule has 0 unspecified atom stereocenters. The van der Waals surface area contributed by atoms with Crippen molar-refractivity contribution in [3.05, 3.63) is 51.8 Å². The number of rotatable bonds is 5. The van der Waals surface area contributed by atoms with Gasteiger partial charge in [0.05, 0.1) is 0 Å². The Morgan fingerprint density at radius 1 is 1.08 bits per heavy atom. The molecule has 1 aromatic carbocycles. The van der Waals surface area contributed by atoms with E-state index in [0.29, 0.717) is 22.5 Å².